The topological polar surface area (TPSA) is 51.8 Å². The summed E-state index contributed by atoms with van der Waals surface area (Å²) in [6, 6.07) is 8.55. The summed E-state index contributed by atoms with van der Waals surface area (Å²) in [7, 11) is 0. The molecule has 0 aliphatic carbocycles. The van der Waals surface area contributed by atoms with E-state index in [-0.39, 0.29) is 6.04 Å². The van der Waals surface area contributed by atoms with Gasteiger partial charge in [0.15, 0.2) is 0 Å². The van der Waals surface area contributed by atoms with Gasteiger partial charge in [-0.1, -0.05) is 38.1 Å². The van der Waals surface area contributed by atoms with Gasteiger partial charge in [0.1, 0.15) is 0 Å². The fraction of sp³-hybridized carbons (Fsp3) is 0.375. The molecule has 1 unspecified atom stereocenters. The van der Waals surface area contributed by atoms with Crippen LogP contribution in [0.25, 0.3) is 0 Å². The minimum atomic E-state index is -0.0991. The van der Waals surface area contributed by atoms with Gasteiger partial charge < -0.3 is 5.73 Å². The second-order valence-electron chi connectivity index (χ2n) is 5.29. The van der Waals surface area contributed by atoms with E-state index in [4.69, 9.17) is 5.73 Å². The third kappa shape index (κ3) is 3.61. The monoisotopic (exact) mass is 255 g/mol. The van der Waals surface area contributed by atoms with Gasteiger partial charge in [0.05, 0.1) is 23.6 Å². The maximum atomic E-state index is 6.17. The Kier molecular flexibility index (Phi) is 4.27. The predicted molar refractivity (Wildman–Crippen MR) is 77.9 cm³/mol. The molecular formula is C16H21N3. The first-order chi connectivity index (χ1) is 9.06. The molecule has 0 saturated heterocycles. The molecule has 0 saturated carbocycles. The molecule has 3 heteroatoms. The highest BCUT2D eigenvalue weighted by molar-refractivity contribution is 5.26. The van der Waals surface area contributed by atoms with E-state index in [9.17, 15) is 0 Å². The SMILES string of the molecule is Cc1cnc(C(N)Cc2ccc(C(C)C)cc2)cn1. The van der Waals surface area contributed by atoms with Gasteiger partial charge in [-0.3, -0.25) is 9.97 Å². The van der Waals surface area contributed by atoms with Gasteiger partial charge in [-0.15, -0.1) is 0 Å². The number of rotatable bonds is 4. The van der Waals surface area contributed by atoms with Crippen molar-refractivity contribution in [2.24, 2.45) is 5.73 Å². The van der Waals surface area contributed by atoms with Crippen LogP contribution in [0, 0.1) is 6.92 Å². The van der Waals surface area contributed by atoms with Crippen molar-refractivity contribution in [1.82, 2.24) is 9.97 Å². The third-order valence-corrected chi connectivity index (χ3v) is 3.28. The van der Waals surface area contributed by atoms with Crippen molar-refractivity contribution in [3.63, 3.8) is 0 Å². The molecule has 0 aliphatic rings. The lowest BCUT2D eigenvalue weighted by Crippen LogP contribution is -2.15. The quantitative estimate of drug-likeness (QED) is 0.913. The van der Waals surface area contributed by atoms with E-state index < -0.39 is 0 Å². The molecule has 2 N–H and O–H groups in total. The molecule has 2 aromatic rings. The lowest BCUT2D eigenvalue weighted by Gasteiger charge is -2.12. The Labute approximate surface area is 114 Å². The van der Waals surface area contributed by atoms with Gasteiger partial charge in [0.25, 0.3) is 0 Å². The molecule has 1 atom stereocenters. The first-order valence-corrected chi connectivity index (χ1v) is 6.69. The summed E-state index contributed by atoms with van der Waals surface area (Å²) >= 11 is 0. The number of aromatic nitrogens is 2. The Hall–Kier alpha value is -1.74. The van der Waals surface area contributed by atoms with E-state index >= 15 is 0 Å². The number of hydrogen-bond acceptors (Lipinski definition) is 3. The second-order valence-corrected chi connectivity index (χ2v) is 5.29. The lowest BCUT2D eigenvalue weighted by molar-refractivity contribution is 0.689. The highest BCUT2D eigenvalue weighted by Crippen LogP contribution is 2.18. The molecule has 0 bridgehead atoms. The van der Waals surface area contributed by atoms with Crippen LogP contribution < -0.4 is 5.73 Å². The Morgan fingerprint density at radius 1 is 1.05 bits per heavy atom. The molecular weight excluding hydrogens is 234 g/mol. The molecule has 0 amide bonds. The minimum Gasteiger partial charge on any atom is -0.322 e. The maximum absolute atomic E-state index is 6.17. The molecule has 0 fully saturated rings. The van der Waals surface area contributed by atoms with Crippen LogP contribution in [-0.2, 0) is 6.42 Å². The van der Waals surface area contributed by atoms with E-state index in [1.807, 2.05) is 6.92 Å². The predicted octanol–water partition coefficient (Wildman–Crippen LogP) is 3.15. The van der Waals surface area contributed by atoms with E-state index in [2.05, 4.69) is 48.1 Å². The summed E-state index contributed by atoms with van der Waals surface area (Å²) in [5, 5.41) is 0. The lowest BCUT2D eigenvalue weighted by atomic mass is 9.98. The Bertz CT molecular complexity index is 515. The Morgan fingerprint density at radius 3 is 2.26 bits per heavy atom. The average molecular weight is 255 g/mol. The summed E-state index contributed by atoms with van der Waals surface area (Å²) in [4.78, 5) is 8.57. The number of hydrogen-bond donors (Lipinski definition) is 1. The van der Waals surface area contributed by atoms with Crippen molar-refractivity contribution in [1.29, 1.82) is 0 Å². The summed E-state index contributed by atoms with van der Waals surface area (Å²) < 4.78 is 0. The molecule has 19 heavy (non-hydrogen) atoms. The average Bonchev–Trinajstić information content (AvgIpc) is 2.40. The molecule has 1 aromatic carbocycles. The van der Waals surface area contributed by atoms with Crippen LogP contribution >= 0.6 is 0 Å². The zero-order valence-electron chi connectivity index (χ0n) is 11.8. The van der Waals surface area contributed by atoms with E-state index in [1.54, 1.807) is 12.4 Å². The van der Waals surface area contributed by atoms with Crippen molar-refractivity contribution in [2.75, 3.05) is 0 Å². The normalized spacial score (nSPS) is 12.7. The smallest absolute Gasteiger partial charge is 0.0757 e. The van der Waals surface area contributed by atoms with Gasteiger partial charge in [-0.25, -0.2) is 0 Å². The summed E-state index contributed by atoms with van der Waals surface area (Å²) in [6.45, 7) is 6.32. The van der Waals surface area contributed by atoms with Crippen molar-refractivity contribution in [3.8, 4) is 0 Å². The van der Waals surface area contributed by atoms with Gasteiger partial charge in [0, 0.05) is 6.20 Å². The highest BCUT2D eigenvalue weighted by atomic mass is 14.8. The van der Waals surface area contributed by atoms with Crippen LogP contribution in [0.1, 0.15) is 48.3 Å². The number of nitrogens with two attached hydrogens (primary N) is 1. The van der Waals surface area contributed by atoms with Gasteiger partial charge in [-0.05, 0) is 30.4 Å². The van der Waals surface area contributed by atoms with Crippen LogP contribution in [0.4, 0.5) is 0 Å². The molecule has 3 nitrogen and oxygen atoms in total. The molecule has 2 rings (SSSR count). The largest absolute Gasteiger partial charge is 0.322 e. The van der Waals surface area contributed by atoms with Crippen molar-refractivity contribution in [3.05, 3.63) is 59.2 Å². The number of benzene rings is 1. The fourth-order valence-corrected chi connectivity index (χ4v) is 1.99. The summed E-state index contributed by atoms with van der Waals surface area (Å²) in [6.07, 6.45) is 4.32. The fourth-order valence-electron chi connectivity index (χ4n) is 1.99. The van der Waals surface area contributed by atoms with Gasteiger partial charge in [0.2, 0.25) is 0 Å². The second kappa shape index (κ2) is 5.93. The molecule has 0 radical (unpaired) electrons. The van der Waals surface area contributed by atoms with Crippen LogP contribution in [0.2, 0.25) is 0 Å². The maximum Gasteiger partial charge on any atom is 0.0757 e. The van der Waals surface area contributed by atoms with Crippen LogP contribution in [-0.4, -0.2) is 9.97 Å². The van der Waals surface area contributed by atoms with Crippen LogP contribution in [0.15, 0.2) is 36.7 Å². The van der Waals surface area contributed by atoms with E-state index in [1.165, 1.54) is 11.1 Å². The summed E-state index contributed by atoms with van der Waals surface area (Å²) in [5.41, 5.74) is 10.5. The standard InChI is InChI=1S/C16H21N3/c1-11(2)14-6-4-13(5-7-14)8-15(17)16-10-18-12(3)9-19-16/h4-7,9-11,15H,8,17H2,1-3H3. The van der Waals surface area contributed by atoms with Crippen molar-refractivity contribution < 1.29 is 0 Å². The van der Waals surface area contributed by atoms with E-state index in [0.717, 1.165) is 17.8 Å². The zero-order valence-corrected chi connectivity index (χ0v) is 11.8. The molecule has 0 aliphatic heterocycles. The number of nitrogens with zero attached hydrogens (tertiary/aromatic N) is 2. The molecule has 0 spiro atoms. The molecule has 1 aromatic heterocycles. The minimum absolute atomic E-state index is 0.0991. The summed E-state index contributed by atoms with van der Waals surface area (Å²) in [5.74, 6) is 0.561. The van der Waals surface area contributed by atoms with Crippen molar-refractivity contribution >= 4 is 0 Å². The first kappa shape index (κ1) is 13.7. The van der Waals surface area contributed by atoms with Crippen LogP contribution in [0.5, 0.6) is 0 Å². The number of aryl methyl sites for hydroxylation is 1. The Balaban J connectivity index is 2.06. The highest BCUT2D eigenvalue weighted by Gasteiger charge is 2.09. The van der Waals surface area contributed by atoms with Crippen molar-refractivity contribution in [2.45, 2.75) is 39.2 Å². The zero-order chi connectivity index (χ0) is 13.8. The Morgan fingerprint density at radius 2 is 1.74 bits per heavy atom. The van der Waals surface area contributed by atoms with E-state index in [0.29, 0.717) is 5.92 Å². The van der Waals surface area contributed by atoms with Crippen LogP contribution in [0.3, 0.4) is 0 Å². The molecule has 100 valence electrons. The third-order valence-electron chi connectivity index (χ3n) is 3.28. The van der Waals surface area contributed by atoms with Gasteiger partial charge >= 0.3 is 0 Å². The first-order valence-electron chi connectivity index (χ1n) is 6.69. The molecule has 1 heterocycles. The van der Waals surface area contributed by atoms with Gasteiger partial charge in [-0.2, -0.15) is 0 Å².